The van der Waals surface area contributed by atoms with E-state index < -0.39 is 0 Å². The second-order valence-corrected chi connectivity index (χ2v) is 17.2. The third-order valence-corrected chi connectivity index (χ3v) is 13.5. The van der Waals surface area contributed by atoms with Crippen LogP contribution in [0.4, 0.5) is 0 Å². The van der Waals surface area contributed by atoms with E-state index in [2.05, 4.69) is 215 Å². The first-order valence-corrected chi connectivity index (χ1v) is 22.4. The molecule has 5 nitrogen and oxygen atoms in total. The van der Waals surface area contributed by atoms with Gasteiger partial charge < -0.3 is 9.13 Å². The van der Waals surface area contributed by atoms with Crippen molar-refractivity contribution in [1.29, 1.82) is 0 Å². The summed E-state index contributed by atoms with van der Waals surface area (Å²) < 4.78 is 4.81. The lowest BCUT2D eigenvalue weighted by molar-refractivity contribution is 1.07. The maximum absolute atomic E-state index is 5.50. The normalized spacial score (nSPS) is 11.9. The Morgan fingerprint density at radius 1 is 0.273 bits per heavy atom. The van der Waals surface area contributed by atoms with Gasteiger partial charge >= 0.3 is 0 Å². The van der Waals surface area contributed by atoms with Gasteiger partial charge in [-0.15, -0.1) is 0 Å². The standard InChI is InChI=1S/C61H37N5/c1-2-17-40(18-3-1)59-62-60(51-25-14-24-46-44-19-6-4-15-38(44)30-33-47(46)51)64-61(63-59)58-45-20-7-5-16-39(45)31-34-56(58)66-55-28-13-10-23-50(55)52-36-42-35-43(32-29-41(42)37-57(52)66)65-53-26-11-8-21-48(53)49-22-9-12-27-54(49)65/h1-37H. The minimum absolute atomic E-state index is 0.617. The molecule has 0 bridgehead atoms. The van der Waals surface area contributed by atoms with Gasteiger partial charge in [-0.1, -0.05) is 176 Å². The van der Waals surface area contributed by atoms with Gasteiger partial charge in [0, 0.05) is 38.4 Å². The first kappa shape index (κ1) is 36.5. The highest BCUT2D eigenvalue weighted by Crippen LogP contribution is 2.42. The summed E-state index contributed by atoms with van der Waals surface area (Å²) >= 11 is 0. The Morgan fingerprint density at radius 2 is 0.833 bits per heavy atom. The number of para-hydroxylation sites is 3. The summed E-state index contributed by atoms with van der Waals surface area (Å²) in [4.78, 5) is 16.2. The van der Waals surface area contributed by atoms with Crippen molar-refractivity contribution in [3.8, 4) is 45.5 Å². The van der Waals surface area contributed by atoms with E-state index in [-0.39, 0.29) is 0 Å². The van der Waals surface area contributed by atoms with Gasteiger partial charge in [0.2, 0.25) is 0 Å². The molecule has 0 amide bonds. The second kappa shape index (κ2) is 14.3. The molecule has 0 aliphatic heterocycles. The molecular formula is C61H37N5. The monoisotopic (exact) mass is 839 g/mol. The highest BCUT2D eigenvalue weighted by atomic mass is 15.1. The van der Waals surface area contributed by atoms with Gasteiger partial charge in [0.15, 0.2) is 17.5 Å². The topological polar surface area (TPSA) is 48.5 Å². The molecule has 0 aliphatic rings. The Hall–Kier alpha value is -8.93. The molecule has 0 aliphatic carbocycles. The smallest absolute Gasteiger partial charge is 0.166 e. The lowest BCUT2D eigenvalue weighted by atomic mass is 9.98. The first-order valence-electron chi connectivity index (χ1n) is 22.4. The second-order valence-electron chi connectivity index (χ2n) is 17.2. The van der Waals surface area contributed by atoms with E-state index in [1.807, 2.05) is 18.2 Å². The molecule has 0 unspecified atom stereocenters. The summed E-state index contributed by atoms with van der Waals surface area (Å²) in [5, 5.41) is 14.1. The zero-order chi connectivity index (χ0) is 43.3. The largest absolute Gasteiger partial charge is 0.309 e. The fourth-order valence-electron chi connectivity index (χ4n) is 10.5. The predicted molar refractivity (Wildman–Crippen MR) is 275 cm³/mol. The minimum Gasteiger partial charge on any atom is -0.309 e. The molecule has 0 saturated carbocycles. The SMILES string of the molecule is c1ccc(-c2nc(-c3c(-n4c5ccccc5c5cc6cc(-n7c8ccccc8c8ccccc87)ccc6cc54)ccc4ccccc34)nc(-c3cccc4c3ccc3ccccc34)n2)cc1. The number of aromatic nitrogens is 5. The van der Waals surface area contributed by atoms with Crippen LogP contribution in [-0.4, -0.2) is 24.1 Å². The fourth-order valence-corrected chi connectivity index (χ4v) is 10.5. The van der Waals surface area contributed by atoms with E-state index in [4.69, 9.17) is 15.0 Å². The lowest BCUT2D eigenvalue weighted by Gasteiger charge is -2.17. The van der Waals surface area contributed by atoms with E-state index in [0.717, 1.165) is 60.6 Å². The molecule has 0 N–H and O–H groups in total. The summed E-state index contributed by atoms with van der Waals surface area (Å²) in [7, 11) is 0. The van der Waals surface area contributed by atoms with Crippen molar-refractivity contribution in [1.82, 2.24) is 24.1 Å². The van der Waals surface area contributed by atoms with Crippen LogP contribution in [0.1, 0.15) is 0 Å². The molecule has 0 radical (unpaired) electrons. The van der Waals surface area contributed by atoms with Crippen LogP contribution >= 0.6 is 0 Å². The number of hydrogen-bond donors (Lipinski definition) is 0. The molecule has 0 saturated heterocycles. The van der Waals surface area contributed by atoms with Crippen molar-refractivity contribution >= 4 is 86.7 Å². The molecule has 0 atom stereocenters. The quantitative estimate of drug-likeness (QED) is 0.162. The average molecular weight is 840 g/mol. The molecular weight excluding hydrogens is 803 g/mol. The van der Waals surface area contributed by atoms with Gasteiger partial charge in [-0.3, -0.25) is 0 Å². The van der Waals surface area contributed by atoms with Crippen molar-refractivity contribution in [2.45, 2.75) is 0 Å². The Kier molecular flexibility index (Phi) is 7.91. The van der Waals surface area contributed by atoms with E-state index >= 15 is 0 Å². The molecule has 0 fully saturated rings. The van der Waals surface area contributed by atoms with Gasteiger partial charge in [-0.25, -0.2) is 15.0 Å². The van der Waals surface area contributed by atoms with E-state index in [1.165, 1.54) is 54.1 Å². The summed E-state index contributed by atoms with van der Waals surface area (Å²) in [6.45, 7) is 0. The van der Waals surface area contributed by atoms with Gasteiger partial charge in [-0.05, 0) is 91.6 Å². The van der Waals surface area contributed by atoms with Crippen molar-refractivity contribution in [3.05, 3.63) is 224 Å². The summed E-state index contributed by atoms with van der Waals surface area (Å²) in [5.41, 5.74) is 9.60. The molecule has 3 heterocycles. The maximum Gasteiger partial charge on any atom is 0.166 e. The fraction of sp³-hybridized carbons (Fsp3) is 0. The third-order valence-electron chi connectivity index (χ3n) is 13.5. The molecule has 306 valence electrons. The van der Waals surface area contributed by atoms with Gasteiger partial charge in [0.1, 0.15) is 0 Å². The van der Waals surface area contributed by atoms with E-state index in [9.17, 15) is 0 Å². The highest BCUT2D eigenvalue weighted by Gasteiger charge is 2.23. The Bertz CT molecular complexity index is 4240. The minimum atomic E-state index is 0.617. The van der Waals surface area contributed by atoms with Crippen LogP contribution in [0, 0.1) is 0 Å². The molecule has 14 aromatic rings. The van der Waals surface area contributed by atoms with Crippen molar-refractivity contribution < 1.29 is 0 Å². The zero-order valence-electron chi connectivity index (χ0n) is 35.6. The Labute approximate surface area is 379 Å². The van der Waals surface area contributed by atoms with Crippen molar-refractivity contribution in [2.24, 2.45) is 0 Å². The Balaban J connectivity index is 1.03. The van der Waals surface area contributed by atoms with Crippen LogP contribution in [0.5, 0.6) is 0 Å². The lowest BCUT2D eigenvalue weighted by Crippen LogP contribution is -2.04. The molecule has 0 spiro atoms. The van der Waals surface area contributed by atoms with Gasteiger partial charge in [0.05, 0.1) is 33.3 Å². The van der Waals surface area contributed by atoms with Crippen LogP contribution in [-0.2, 0) is 0 Å². The van der Waals surface area contributed by atoms with Crippen LogP contribution in [0.3, 0.4) is 0 Å². The molecule has 11 aromatic carbocycles. The average Bonchev–Trinajstić information content (AvgIpc) is 3.89. The summed E-state index contributed by atoms with van der Waals surface area (Å²) in [6.07, 6.45) is 0. The van der Waals surface area contributed by atoms with Crippen LogP contribution in [0.2, 0.25) is 0 Å². The van der Waals surface area contributed by atoms with E-state index in [1.54, 1.807) is 0 Å². The Morgan fingerprint density at radius 3 is 1.59 bits per heavy atom. The van der Waals surface area contributed by atoms with Crippen LogP contribution in [0.25, 0.3) is 132 Å². The molecule has 5 heteroatoms. The summed E-state index contributed by atoms with van der Waals surface area (Å²) in [6, 6.07) is 80.5. The van der Waals surface area contributed by atoms with Crippen LogP contribution in [0.15, 0.2) is 224 Å². The molecule has 3 aromatic heterocycles. The zero-order valence-corrected chi connectivity index (χ0v) is 35.6. The van der Waals surface area contributed by atoms with Crippen LogP contribution < -0.4 is 0 Å². The van der Waals surface area contributed by atoms with Gasteiger partial charge in [-0.2, -0.15) is 0 Å². The third kappa shape index (κ3) is 5.50. The van der Waals surface area contributed by atoms with Crippen molar-refractivity contribution in [3.63, 3.8) is 0 Å². The van der Waals surface area contributed by atoms with E-state index in [0.29, 0.717) is 17.5 Å². The number of fused-ring (bicyclic) bond motifs is 11. The number of nitrogens with zero attached hydrogens (tertiary/aromatic N) is 5. The number of hydrogen-bond acceptors (Lipinski definition) is 3. The summed E-state index contributed by atoms with van der Waals surface area (Å²) in [5.74, 6) is 1.87. The number of benzene rings is 11. The van der Waals surface area contributed by atoms with Crippen molar-refractivity contribution in [2.75, 3.05) is 0 Å². The van der Waals surface area contributed by atoms with Gasteiger partial charge in [0.25, 0.3) is 0 Å². The molecule has 66 heavy (non-hydrogen) atoms. The predicted octanol–water partition coefficient (Wildman–Crippen LogP) is 15.7. The molecule has 14 rings (SSSR count). The maximum atomic E-state index is 5.50. The number of rotatable bonds is 5. The first-order chi connectivity index (χ1) is 32.7. The highest BCUT2D eigenvalue weighted by molar-refractivity contribution is 6.16.